The van der Waals surface area contributed by atoms with Crippen molar-refractivity contribution in [2.45, 2.75) is 58.4 Å². The standard InChI is InChI=1S/C17H26N4O2/c1-11(2)21-5-4-13-6-15(23-16(13)10-21)17(22)20-9-14-8-18-12(3)7-19-14/h7-8,11,13,15-16H,4-6,9-10H2,1-3H3,(H,20,22)/t13-,15-,16+/m0/s1. The number of rotatable bonds is 4. The summed E-state index contributed by atoms with van der Waals surface area (Å²) in [5.41, 5.74) is 1.64. The summed E-state index contributed by atoms with van der Waals surface area (Å²) in [5.74, 6) is 0.484. The monoisotopic (exact) mass is 318 g/mol. The molecule has 0 aliphatic carbocycles. The summed E-state index contributed by atoms with van der Waals surface area (Å²) in [6, 6.07) is 0.535. The van der Waals surface area contributed by atoms with Gasteiger partial charge < -0.3 is 10.1 Å². The van der Waals surface area contributed by atoms with Crippen LogP contribution < -0.4 is 5.32 Å². The molecule has 3 rings (SSSR count). The summed E-state index contributed by atoms with van der Waals surface area (Å²) in [6.07, 6.45) is 5.24. The topological polar surface area (TPSA) is 67.4 Å². The van der Waals surface area contributed by atoms with Gasteiger partial charge in [-0.25, -0.2) is 0 Å². The number of amides is 1. The third-order valence-corrected chi connectivity index (χ3v) is 4.88. The molecule has 2 fully saturated rings. The van der Waals surface area contributed by atoms with Crippen molar-refractivity contribution < 1.29 is 9.53 Å². The number of aromatic nitrogens is 2. The van der Waals surface area contributed by atoms with Crippen molar-refractivity contribution in [3.63, 3.8) is 0 Å². The van der Waals surface area contributed by atoms with Crippen LogP contribution in [0.2, 0.25) is 0 Å². The van der Waals surface area contributed by atoms with Crippen LogP contribution in [0.3, 0.4) is 0 Å². The molecule has 2 aliphatic rings. The third-order valence-electron chi connectivity index (χ3n) is 4.88. The first-order valence-corrected chi connectivity index (χ1v) is 8.47. The minimum absolute atomic E-state index is 0.0297. The molecule has 6 heteroatoms. The highest BCUT2D eigenvalue weighted by atomic mass is 16.5. The first-order chi connectivity index (χ1) is 11.0. The van der Waals surface area contributed by atoms with E-state index in [1.165, 1.54) is 0 Å². The van der Waals surface area contributed by atoms with Gasteiger partial charge in [0.1, 0.15) is 6.10 Å². The number of aryl methyl sites for hydroxylation is 1. The van der Waals surface area contributed by atoms with Crippen LogP contribution in [0.1, 0.15) is 38.1 Å². The lowest BCUT2D eigenvalue weighted by molar-refractivity contribution is -0.133. The quantitative estimate of drug-likeness (QED) is 0.906. The lowest BCUT2D eigenvalue weighted by atomic mass is 9.91. The molecule has 23 heavy (non-hydrogen) atoms. The number of fused-ring (bicyclic) bond motifs is 1. The molecule has 3 atom stereocenters. The predicted octanol–water partition coefficient (Wildman–Crippen LogP) is 1.29. The Bertz CT molecular complexity index is 546. The number of piperidine rings is 1. The van der Waals surface area contributed by atoms with E-state index in [1.807, 2.05) is 6.92 Å². The molecular weight excluding hydrogens is 292 g/mol. The van der Waals surface area contributed by atoms with E-state index in [9.17, 15) is 4.79 Å². The van der Waals surface area contributed by atoms with Gasteiger partial charge in [0.2, 0.25) is 5.91 Å². The number of carbonyl (C=O) groups excluding carboxylic acids is 1. The van der Waals surface area contributed by atoms with E-state index < -0.39 is 0 Å². The number of nitrogens with zero attached hydrogens (tertiary/aromatic N) is 3. The molecule has 1 aromatic rings. The first kappa shape index (κ1) is 16.3. The van der Waals surface area contributed by atoms with Gasteiger partial charge >= 0.3 is 0 Å². The maximum absolute atomic E-state index is 12.3. The number of nitrogens with one attached hydrogen (secondary N) is 1. The predicted molar refractivity (Wildman–Crippen MR) is 86.7 cm³/mol. The Labute approximate surface area is 137 Å². The Kier molecular flexibility index (Phi) is 4.92. The van der Waals surface area contributed by atoms with E-state index in [-0.39, 0.29) is 18.1 Å². The molecule has 6 nitrogen and oxygen atoms in total. The highest BCUT2D eigenvalue weighted by Gasteiger charge is 2.42. The molecule has 126 valence electrons. The molecule has 0 radical (unpaired) electrons. The van der Waals surface area contributed by atoms with Gasteiger partial charge in [0.25, 0.3) is 0 Å². The van der Waals surface area contributed by atoms with Gasteiger partial charge in [0.05, 0.1) is 30.2 Å². The maximum atomic E-state index is 12.3. The van der Waals surface area contributed by atoms with Crippen molar-refractivity contribution in [2.24, 2.45) is 5.92 Å². The smallest absolute Gasteiger partial charge is 0.249 e. The van der Waals surface area contributed by atoms with Crippen LogP contribution in [-0.4, -0.2) is 52.1 Å². The minimum atomic E-state index is -0.324. The van der Waals surface area contributed by atoms with Crippen molar-refractivity contribution in [3.05, 3.63) is 23.8 Å². The van der Waals surface area contributed by atoms with Gasteiger partial charge in [-0.3, -0.25) is 19.7 Å². The normalized spacial score (nSPS) is 27.9. The summed E-state index contributed by atoms with van der Waals surface area (Å²) in [4.78, 5) is 23.2. The summed E-state index contributed by atoms with van der Waals surface area (Å²) >= 11 is 0. The van der Waals surface area contributed by atoms with E-state index in [2.05, 4.69) is 34.0 Å². The fraction of sp³-hybridized carbons (Fsp3) is 0.706. The molecule has 2 aliphatic heterocycles. The van der Waals surface area contributed by atoms with E-state index in [1.54, 1.807) is 12.4 Å². The summed E-state index contributed by atoms with van der Waals surface area (Å²) in [6.45, 7) is 8.76. The highest BCUT2D eigenvalue weighted by Crippen LogP contribution is 2.33. The highest BCUT2D eigenvalue weighted by molar-refractivity contribution is 5.81. The van der Waals surface area contributed by atoms with Crippen molar-refractivity contribution in [2.75, 3.05) is 13.1 Å². The van der Waals surface area contributed by atoms with Crippen molar-refractivity contribution >= 4 is 5.91 Å². The number of likely N-dealkylation sites (tertiary alicyclic amines) is 1. The van der Waals surface area contributed by atoms with E-state index in [0.717, 1.165) is 37.3 Å². The second kappa shape index (κ2) is 6.93. The Morgan fingerprint density at radius 3 is 2.96 bits per heavy atom. The van der Waals surface area contributed by atoms with Crippen molar-refractivity contribution in [1.29, 1.82) is 0 Å². The molecule has 1 aromatic heterocycles. The maximum Gasteiger partial charge on any atom is 0.249 e. The summed E-state index contributed by atoms with van der Waals surface area (Å²) < 4.78 is 6.03. The Morgan fingerprint density at radius 2 is 2.26 bits per heavy atom. The average Bonchev–Trinajstić information content (AvgIpc) is 2.97. The van der Waals surface area contributed by atoms with E-state index >= 15 is 0 Å². The minimum Gasteiger partial charge on any atom is -0.364 e. The Balaban J connectivity index is 1.50. The van der Waals surface area contributed by atoms with Gasteiger partial charge in [0, 0.05) is 18.8 Å². The second-order valence-corrected chi connectivity index (χ2v) is 6.90. The van der Waals surface area contributed by atoms with Crippen LogP contribution in [0.4, 0.5) is 0 Å². The van der Waals surface area contributed by atoms with Crippen LogP contribution in [0.5, 0.6) is 0 Å². The van der Waals surface area contributed by atoms with Gasteiger partial charge in [-0.05, 0) is 46.1 Å². The first-order valence-electron chi connectivity index (χ1n) is 8.47. The molecular formula is C17H26N4O2. The zero-order chi connectivity index (χ0) is 16.4. The number of hydrogen-bond acceptors (Lipinski definition) is 5. The molecule has 0 unspecified atom stereocenters. The zero-order valence-electron chi connectivity index (χ0n) is 14.2. The average molecular weight is 318 g/mol. The molecule has 1 amide bonds. The molecule has 0 saturated carbocycles. The van der Waals surface area contributed by atoms with Crippen LogP contribution in [0.25, 0.3) is 0 Å². The lowest BCUT2D eigenvalue weighted by Crippen LogP contribution is -2.45. The SMILES string of the molecule is Cc1cnc(CNC(=O)[C@@H]2C[C@@H]3CCN(C(C)C)C[C@H]3O2)cn1. The number of ether oxygens (including phenoxy) is 1. The Morgan fingerprint density at radius 1 is 1.43 bits per heavy atom. The van der Waals surface area contributed by atoms with Gasteiger partial charge in [-0.2, -0.15) is 0 Å². The van der Waals surface area contributed by atoms with Crippen LogP contribution in [0, 0.1) is 12.8 Å². The molecule has 0 aromatic carbocycles. The Hall–Kier alpha value is -1.53. The molecule has 0 bridgehead atoms. The molecule has 3 heterocycles. The second-order valence-electron chi connectivity index (χ2n) is 6.90. The van der Waals surface area contributed by atoms with Gasteiger partial charge in [-0.1, -0.05) is 0 Å². The molecule has 1 N–H and O–H groups in total. The lowest BCUT2D eigenvalue weighted by Gasteiger charge is -2.36. The number of hydrogen-bond donors (Lipinski definition) is 1. The van der Waals surface area contributed by atoms with Crippen LogP contribution in [0.15, 0.2) is 12.4 Å². The van der Waals surface area contributed by atoms with E-state index in [4.69, 9.17) is 4.74 Å². The van der Waals surface area contributed by atoms with E-state index in [0.29, 0.717) is 18.5 Å². The van der Waals surface area contributed by atoms with Crippen molar-refractivity contribution in [3.8, 4) is 0 Å². The van der Waals surface area contributed by atoms with Crippen LogP contribution in [-0.2, 0) is 16.1 Å². The summed E-state index contributed by atoms with van der Waals surface area (Å²) in [7, 11) is 0. The fourth-order valence-electron chi connectivity index (χ4n) is 3.39. The summed E-state index contributed by atoms with van der Waals surface area (Å²) in [5, 5.41) is 2.92. The van der Waals surface area contributed by atoms with Gasteiger partial charge in [0.15, 0.2) is 0 Å². The third kappa shape index (κ3) is 3.87. The van der Waals surface area contributed by atoms with Crippen LogP contribution >= 0.6 is 0 Å². The van der Waals surface area contributed by atoms with Gasteiger partial charge in [-0.15, -0.1) is 0 Å². The largest absolute Gasteiger partial charge is 0.364 e. The zero-order valence-corrected chi connectivity index (χ0v) is 14.2. The molecule has 0 spiro atoms. The molecule has 2 saturated heterocycles. The fourth-order valence-corrected chi connectivity index (χ4v) is 3.39. The number of carbonyl (C=O) groups is 1. The van der Waals surface area contributed by atoms with Crippen molar-refractivity contribution in [1.82, 2.24) is 20.2 Å².